The lowest BCUT2D eigenvalue weighted by atomic mass is 10.0. The van der Waals surface area contributed by atoms with E-state index >= 15 is 0 Å². The summed E-state index contributed by atoms with van der Waals surface area (Å²) >= 11 is 9.46. The highest BCUT2D eigenvalue weighted by atomic mass is 79.9. The molecule has 0 aliphatic heterocycles. The molecular formula is C28H30BrClN2O3. The van der Waals surface area contributed by atoms with Crippen LogP contribution in [0, 0.1) is 0 Å². The first-order valence-corrected chi connectivity index (χ1v) is 12.8. The minimum atomic E-state index is -0.702. The van der Waals surface area contributed by atoms with Crippen LogP contribution in [0.4, 0.5) is 0 Å². The first-order valence-electron chi connectivity index (χ1n) is 11.6. The molecule has 0 saturated carbocycles. The van der Waals surface area contributed by atoms with E-state index in [9.17, 15) is 9.59 Å². The Bertz CT molecular complexity index is 1110. The Balaban J connectivity index is 1.90. The third-order valence-electron chi connectivity index (χ3n) is 5.69. The molecule has 3 aromatic carbocycles. The van der Waals surface area contributed by atoms with Gasteiger partial charge < -0.3 is 15.0 Å². The molecule has 0 saturated heterocycles. The van der Waals surface area contributed by atoms with Gasteiger partial charge in [-0.15, -0.1) is 0 Å². The van der Waals surface area contributed by atoms with Crippen LogP contribution in [0.25, 0.3) is 0 Å². The number of nitrogens with one attached hydrogen (secondary N) is 1. The zero-order chi connectivity index (χ0) is 25.2. The summed E-state index contributed by atoms with van der Waals surface area (Å²) < 4.78 is 6.66. The summed E-state index contributed by atoms with van der Waals surface area (Å²) in [7, 11) is 0. The fourth-order valence-electron chi connectivity index (χ4n) is 3.59. The van der Waals surface area contributed by atoms with Crippen LogP contribution < -0.4 is 10.1 Å². The van der Waals surface area contributed by atoms with Crippen molar-refractivity contribution in [3.63, 3.8) is 0 Å². The Kier molecular flexibility index (Phi) is 10.2. The second kappa shape index (κ2) is 13.3. The molecule has 1 N–H and O–H groups in total. The van der Waals surface area contributed by atoms with Gasteiger partial charge in [-0.2, -0.15) is 0 Å². The van der Waals surface area contributed by atoms with Crippen LogP contribution in [0.3, 0.4) is 0 Å². The number of carbonyl (C=O) groups is 2. The van der Waals surface area contributed by atoms with Gasteiger partial charge in [0.15, 0.2) is 6.61 Å². The van der Waals surface area contributed by atoms with Gasteiger partial charge in [-0.25, -0.2) is 0 Å². The van der Waals surface area contributed by atoms with Crippen molar-refractivity contribution < 1.29 is 14.3 Å². The molecule has 2 atom stereocenters. The standard InChI is InChI=1S/C28H30BrClN2O3/c1-3-20(2)31-28(34)26(17-21-8-5-4-6-9-21)32(18-22-10-7-11-23(29)16-22)27(33)19-35-25-14-12-24(30)13-15-25/h4-16,20,26H,3,17-19H2,1-2H3,(H,31,34)/t20-,26-/m1/s1. The predicted molar refractivity (Wildman–Crippen MR) is 143 cm³/mol. The third kappa shape index (κ3) is 8.41. The zero-order valence-electron chi connectivity index (χ0n) is 19.9. The van der Waals surface area contributed by atoms with Crippen molar-refractivity contribution in [2.24, 2.45) is 0 Å². The maximum atomic E-state index is 13.5. The highest BCUT2D eigenvalue weighted by Gasteiger charge is 2.31. The molecular weight excluding hydrogens is 528 g/mol. The van der Waals surface area contributed by atoms with Crippen molar-refractivity contribution in [2.45, 2.75) is 45.3 Å². The summed E-state index contributed by atoms with van der Waals surface area (Å²) in [6.07, 6.45) is 1.19. The number of amides is 2. The SMILES string of the molecule is CC[C@@H](C)NC(=O)[C@@H](Cc1ccccc1)N(Cc1cccc(Br)c1)C(=O)COc1ccc(Cl)cc1. The highest BCUT2D eigenvalue weighted by Crippen LogP contribution is 2.19. The summed E-state index contributed by atoms with van der Waals surface area (Å²) in [4.78, 5) is 28.6. The summed E-state index contributed by atoms with van der Waals surface area (Å²) in [5.74, 6) is 0.0759. The molecule has 3 rings (SSSR count). The van der Waals surface area contributed by atoms with Crippen LogP contribution in [-0.2, 0) is 22.6 Å². The van der Waals surface area contributed by atoms with Crippen molar-refractivity contribution in [1.82, 2.24) is 10.2 Å². The molecule has 0 aromatic heterocycles. The van der Waals surface area contributed by atoms with Crippen molar-refractivity contribution in [3.05, 3.63) is 99.5 Å². The lowest BCUT2D eigenvalue weighted by molar-refractivity contribution is -0.143. The molecule has 0 unspecified atom stereocenters. The van der Waals surface area contributed by atoms with Gasteiger partial charge in [-0.3, -0.25) is 9.59 Å². The van der Waals surface area contributed by atoms with Crippen LogP contribution in [0.2, 0.25) is 5.02 Å². The Labute approximate surface area is 220 Å². The van der Waals surface area contributed by atoms with E-state index in [0.717, 1.165) is 22.0 Å². The molecule has 0 spiro atoms. The average molecular weight is 558 g/mol. The summed E-state index contributed by atoms with van der Waals surface area (Å²) in [6, 6.07) is 23.6. The van der Waals surface area contributed by atoms with Gasteiger partial charge in [-0.05, 0) is 60.9 Å². The topological polar surface area (TPSA) is 58.6 Å². The van der Waals surface area contributed by atoms with E-state index in [-0.39, 0.29) is 31.0 Å². The van der Waals surface area contributed by atoms with E-state index in [4.69, 9.17) is 16.3 Å². The smallest absolute Gasteiger partial charge is 0.261 e. The number of hydrogen-bond donors (Lipinski definition) is 1. The first-order chi connectivity index (χ1) is 16.9. The van der Waals surface area contributed by atoms with Crippen molar-refractivity contribution >= 4 is 39.3 Å². The lowest BCUT2D eigenvalue weighted by Gasteiger charge is -2.32. The second-order valence-electron chi connectivity index (χ2n) is 8.42. The van der Waals surface area contributed by atoms with Crippen LogP contribution >= 0.6 is 27.5 Å². The molecule has 3 aromatic rings. The van der Waals surface area contributed by atoms with Crippen molar-refractivity contribution in [1.29, 1.82) is 0 Å². The maximum absolute atomic E-state index is 13.5. The van der Waals surface area contributed by atoms with Crippen LogP contribution in [0.5, 0.6) is 5.75 Å². The summed E-state index contributed by atoms with van der Waals surface area (Å²) in [5.41, 5.74) is 1.89. The number of hydrogen-bond acceptors (Lipinski definition) is 3. The van der Waals surface area contributed by atoms with Crippen molar-refractivity contribution in [2.75, 3.05) is 6.61 Å². The van der Waals surface area contributed by atoms with E-state index in [1.54, 1.807) is 29.2 Å². The fraction of sp³-hybridized carbons (Fsp3) is 0.286. The Hall–Kier alpha value is -2.83. The number of nitrogens with zero attached hydrogens (tertiary/aromatic N) is 1. The predicted octanol–water partition coefficient (Wildman–Crippen LogP) is 6.04. The maximum Gasteiger partial charge on any atom is 0.261 e. The Morgan fingerprint density at radius 2 is 1.69 bits per heavy atom. The molecule has 0 aliphatic carbocycles. The molecule has 35 heavy (non-hydrogen) atoms. The molecule has 2 amide bonds. The van der Waals surface area contributed by atoms with Gasteiger partial charge >= 0.3 is 0 Å². The number of halogens is 2. The molecule has 0 heterocycles. The van der Waals surface area contributed by atoms with Crippen LogP contribution in [-0.4, -0.2) is 35.4 Å². The molecule has 5 nitrogen and oxygen atoms in total. The monoisotopic (exact) mass is 556 g/mol. The first kappa shape index (κ1) is 26.8. The van der Waals surface area contributed by atoms with E-state index in [1.807, 2.05) is 68.4 Å². The van der Waals surface area contributed by atoms with E-state index in [0.29, 0.717) is 17.2 Å². The van der Waals surface area contributed by atoms with Crippen LogP contribution in [0.1, 0.15) is 31.4 Å². The quantitative estimate of drug-likeness (QED) is 0.313. The second-order valence-corrected chi connectivity index (χ2v) is 9.77. The molecule has 0 aliphatic rings. The fourth-order valence-corrected chi connectivity index (χ4v) is 4.16. The summed E-state index contributed by atoms with van der Waals surface area (Å²) in [6.45, 7) is 4.05. The number of ether oxygens (including phenoxy) is 1. The average Bonchev–Trinajstić information content (AvgIpc) is 2.86. The number of benzene rings is 3. The minimum Gasteiger partial charge on any atom is -0.484 e. The van der Waals surface area contributed by atoms with E-state index in [1.165, 1.54) is 0 Å². The molecule has 7 heteroatoms. The van der Waals surface area contributed by atoms with Gasteiger partial charge in [0, 0.05) is 28.5 Å². The van der Waals surface area contributed by atoms with Gasteiger partial charge in [0.2, 0.25) is 5.91 Å². The molecule has 184 valence electrons. The number of rotatable bonds is 11. The van der Waals surface area contributed by atoms with Gasteiger partial charge in [0.05, 0.1) is 0 Å². The highest BCUT2D eigenvalue weighted by molar-refractivity contribution is 9.10. The van der Waals surface area contributed by atoms with Gasteiger partial charge in [-0.1, -0.05) is 76.9 Å². The molecule has 0 radical (unpaired) electrons. The van der Waals surface area contributed by atoms with Gasteiger partial charge in [0.1, 0.15) is 11.8 Å². The summed E-state index contributed by atoms with van der Waals surface area (Å²) in [5, 5.41) is 3.65. The molecule has 0 fully saturated rings. The Morgan fingerprint density at radius 3 is 2.34 bits per heavy atom. The largest absolute Gasteiger partial charge is 0.484 e. The normalized spacial score (nSPS) is 12.5. The molecule has 0 bridgehead atoms. The van der Waals surface area contributed by atoms with E-state index in [2.05, 4.69) is 21.2 Å². The number of carbonyl (C=O) groups excluding carboxylic acids is 2. The Morgan fingerprint density at radius 1 is 1.00 bits per heavy atom. The lowest BCUT2D eigenvalue weighted by Crippen LogP contribution is -2.53. The third-order valence-corrected chi connectivity index (χ3v) is 6.44. The zero-order valence-corrected chi connectivity index (χ0v) is 22.3. The van der Waals surface area contributed by atoms with Crippen LogP contribution in [0.15, 0.2) is 83.3 Å². The van der Waals surface area contributed by atoms with E-state index < -0.39 is 6.04 Å². The van der Waals surface area contributed by atoms with Crippen molar-refractivity contribution in [3.8, 4) is 5.75 Å². The minimum absolute atomic E-state index is 0.00564. The van der Waals surface area contributed by atoms with Gasteiger partial charge in [0.25, 0.3) is 5.91 Å².